The van der Waals surface area contributed by atoms with Crippen molar-refractivity contribution < 1.29 is 18.9 Å². The van der Waals surface area contributed by atoms with Crippen molar-refractivity contribution in [2.75, 3.05) is 18.6 Å². The lowest BCUT2D eigenvalue weighted by molar-refractivity contribution is -0.131. The molecule has 0 saturated carbocycles. The zero-order chi connectivity index (χ0) is 15.0. The Hall–Kier alpha value is -2.02. The predicted octanol–water partition coefficient (Wildman–Crippen LogP) is 0.678. The normalized spacial score (nSPS) is 12.2. The zero-order valence-electron chi connectivity index (χ0n) is 11.0. The molecule has 1 unspecified atom stereocenters. The summed E-state index contributed by atoms with van der Waals surface area (Å²) in [6.45, 7) is 0.445. The lowest BCUT2D eigenvalue weighted by Gasteiger charge is -2.04. The highest BCUT2D eigenvalue weighted by molar-refractivity contribution is 7.84. The van der Waals surface area contributed by atoms with Crippen LogP contribution in [0.3, 0.4) is 0 Å². The van der Waals surface area contributed by atoms with Crippen LogP contribution in [-0.2, 0) is 15.6 Å². The van der Waals surface area contributed by atoms with Gasteiger partial charge in [-0.1, -0.05) is 6.07 Å². The van der Waals surface area contributed by atoms with Crippen molar-refractivity contribution in [2.24, 2.45) is 0 Å². The minimum Gasteiger partial charge on any atom is -0.478 e. The van der Waals surface area contributed by atoms with Gasteiger partial charge in [0.05, 0.1) is 0 Å². The molecule has 1 amide bonds. The highest BCUT2D eigenvalue weighted by Gasteiger charge is 2.05. The minimum absolute atomic E-state index is 0.259. The number of nitrogens with one attached hydrogen (secondary N) is 1. The van der Waals surface area contributed by atoms with Gasteiger partial charge in [-0.25, -0.2) is 4.79 Å². The van der Waals surface area contributed by atoms with E-state index in [4.69, 9.17) is 5.11 Å². The number of carboxylic acid groups (broad SMARTS) is 1. The topological polar surface area (TPSA) is 96.4 Å². The Labute approximate surface area is 119 Å². The first kappa shape index (κ1) is 16.0. The summed E-state index contributed by atoms with van der Waals surface area (Å²) >= 11 is 0. The van der Waals surface area contributed by atoms with Gasteiger partial charge in [0, 0.05) is 41.6 Å². The predicted molar refractivity (Wildman–Crippen MR) is 76.8 cm³/mol. The van der Waals surface area contributed by atoms with Crippen LogP contribution in [0, 0.1) is 0 Å². The highest BCUT2D eigenvalue weighted by atomic mass is 32.2. The fourth-order valence-corrected chi connectivity index (χ4v) is 1.92. The summed E-state index contributed by atoms with van der Waals surface area (Å²) in [6.07, 6.45) is 6.09. The van der Waals surface area contributed by atoms with E-state index in [1.54, 1.807) is 12.3 Å². The highest BCUT2D eigenvalue weighted by Crippen LogP contribution is 2.02. The summed E-state index contributed by atoms with van der Waals surface area (Å²) < 4.78 is 10.8. The molecule has 0 aliphatic heterocycles. The van der Waals surface area contributed by atoms with E-state index in [0.717, 1.165) is 6.08 Å². The minimum atomic E-state index is -1.04. The number of rotatable bonds is 7. The van der Waals surface area contributed by atoms with E-state index in [1.807, 2.05) is 0 Å². The number of nitrogens with zero attached hydrogens (tertiary/aromatic N) is 1. The van der Waals surface area contributed by atoms with Gasteiger partial charge in [-0.2, -0.15) is 0 Å². The van der Waals surface area contributed by atoms with E-state index in [2.05, 4.69) is 10.3 Å². The molecule has 0 fully saturated rings. The SMILES string of the molecule is CS(=O)CCCNC(=O)c1ccc(/C=C/C(=O)O)cn1. The van der Waals surface area contributed by atoms with Gasteiger partial charge >= 0.3 is 5.97 Å². The Balaban J connectivity index is 2.49. The number of aliphatic carboxylic acids is 1. The monoisotopic (exact) mass is 296 g/mol. The van der Waals surface area contributed by atoms with Gasteiger partial charge in [0.1, 0.15) is 5.69 Å². The average Bonchev–Trinajstić information content (AvgIpc) is 2.41. The van der Waals surface area contributed by atoms with E-state index >= 15 is 0 Å². The van der Waals surface area contributed by atoms with Gasteiger partial charge in [-0.05, 0) is 24.1 Å². The number of hydrogen-bond acceptors (Lipinski definition) is 4. The van der Waals surface area contributed by atoms with Crippen LogP contribution >= 0.6 is 0 Å². The molecule has 1 rings (SSSR count). The standard InChI is InChI=1S/C13H16N2O4S/c1-20(19)8-2-7-14-13(18)11-5-3-10(9-15-11)4-6-12(16)17/h3-6,9H,2,7-8H2,1H3,(H,14,18)(H,16,17)/b6-4+. The number of carbonyl (C=O) groups is 2. The van der Waals surface area contributed by atoms with Crippen LogP contribution in [0.25, 0.3) is 6.08 Å². The lowest BCUT2D eigenvalue weighted by Crippen LogP contribution is -2.26. The number of carboxylic acids is 1. The van der Waals surface area contributed by atoms with Crippen molar-refractivity contribution in [3.05, 3.63) is 35.7 Å². The fourth-order valence-electron chi connectivity index (χ4n) is 1.37. The first-order valence-corrected chi connectivity index (χ1v) is 7.67. The molecule has 20 heavy (non-hydrogen) atoms. The summed E-state index contributed by atoms with van der Waals surface area (Å²) in [4.78, 5) is 26.0. The van der Waals surface area contributed by atoms with Gasteiger partial charge in [0.15, 0.2) is 0 Å². The number of carbonyl (C=O) groups excluding carboxylic acids is 1. The Morgan fingerprint density at radius 3 is 2.75 bits per heavy atom. The average molecular weight is 296 g/mol. The molecule has 108 valence electrons. The Bertz CT molecular complexity index is 526. The van der Waals surface area contributed by atoms with Gasteiger partial charge in [-0.3, -0.25) is 14.0 Å². The largest absolute Gasteiger partial charge is 0.478 e. The molecule has 0 bridgehead atoms. The first-order valence-electron chi connectivity index (χ1n) is 5.94. The summed E-state index contributed by atoms with van der Waals surface area (Å²) in [5.41, 5.74) is 0.862. The maximum Gasteiger partial charge on any atom is 0.328 e. The van der Waals surface area contributed by atoms with Crippen LogP contribution < -0.4 is 5.32 Å². The second kappa shape index (κ2) is 8.21. The number of amides is 1. The van der Waals surface area contributed by atoms with Crippen molar-refractivity contribution in [2.45, 2.75) is 6.42 Å². The Kier molecular flexibility index (Phi) is 6.58. The van der Waals surface area contributed by atoms with E-state index < -0.39 is 16.8 Å². The molecular formula is C13H16N2O4S. The number of aromatic nitrogens is 1. The lowest BCUT2D eigenvalue weighted by atomic mass is 10.2. The Morgan fingerprint density at radius 1 is 1.45 bits per heavy atom. The second-order valence-corrected chi connectivity index (χ2v) is 5.59. The molecular weight excluding hydrogens is 280 g/mol. The van der Waals surface area contributed by atoms with Gasteiger partial charge in [0.2, 0.25) is 0 Å². The van der Waals surface area contributed by atoms with Crippen LogP contribution in [0.4, 0.5) is 0 Å². The smallest absolute Gasteiger partial charge is 0.328 e. The number of pyridine rings is 1. The van der Waals surface area contributed by atoms with Crippen LogP contribution in [0.1, 0.15) is 22.5 Å². The van der Waals surface area contributed by atoms with Crippen LogP contribution in [0.5, 0.6) is 0 Å². The van der Waals surface area contributed by atoms with Crippen molar-refractivity contribution in [3.8, 4) is 0 Å². The van der Waals surface area contributed by atoms with Crippen molar-refractivity contribution >= 4 is 28.8 Å². The third kappa shape index (κ3) is 6.24. The molecule has 1 aromatic heterocycles. The fraction of sp³-hybridized carbons (Fsp3) is 0.308. The zero-order valence-corrected chi connectivity index (χ0v) is 11.9. The molecule has 0 aliphatic carbocycles. The maximum absolute atomic E-state index is 11.7. The molecule has 0 spiro atoms. The van der Waals surface area contributed by atoms with Gasteiger partial charge in [0.25, 0.3) is 5.91 Å². The van der Waals surface area contributed by atoms with Gasteiger partial charge in [-0.15, -0.1) is 0 Å². The molecule has 0 radical (unpaired) electrons. The van der Waals surface area contributed by atoms with E-state index in [0.29, 0.717) is 24.3 Å². The maximum atomic E-state index is 11.7. The second-order valence-electron chi connectivity index (χ2n) is 4.04. The molecule has 1 atom stereocenters. The third-order valence-corrected chi connectivity index (χ3v) is 3.20. The van der Waals surface area contributed by atoms with E-state index in [-0.39, 0.29) is 11.6 Å². The quantitative estimate of drug-likeness (QED) is 0.569. The van der Waals surface area contributed by atoms with Gasteiger partial charge < -0.3 is 10.4 Å². The van der Waals surface area contributed by atoms with Crippen LogP contribution in [-0.4, -0.2) is 44.7 Å². The molecule has 0 saturated heterocycles. The molecule has 1 heterocycles. The molecule has 0 aromatic carbocycles. The number of hydrogen-bond donors (Lipinski definition) is 2. The van der Waals surface area contributed by atoms with Crippen LogP contribution in [0.15, 0.2) is 24.4 Å². The molecule has 6 nitrogen and oxygen atoms in total. The van der Waals surface area contributed by atoms with Crippen LogP contribution in [0.2, 0.25) is 0 Å². The molecule has 0 aliphatic rings. The van der Waals surface area contributed by atoms with E-state index in [9.17, 15) is 13.8 Å². The first-order chi connectivity index (χ1) is 9.49. The van der Waals surface area contributed by atoms with E-state index in [1.165, 1.54) is 18.3 Å². The Morgan fingerprint density at radius 2 is 2.20 bits per heavy atom. The summed E-state index contributed by atoms with van der Waals surface area (Å²) in [5, 5.41) is 11.2. The summed E-state index contributed by atoms with van der Waals surface area (Å²) in [6, 6.07) is 3.14. The van der Waals surface area contributed by atoms with Crippen molar-refractivity contribution in [1.82, 2.24) is 10.3 Å². The molecule has 2 N–H and O–H groups in total. The summed E-state index contributed by atoms with van der Waals surface area (Å²) in [5.74, 6) is -0.798. The third-order valence-electron chi connectivity index (χ3n) is 2.33. The summed E-state index contributed by atoms with van der Waals surface area (Å²) in [7, 11) is -0.857. The molecule has 1 aromatic rings. The molecule has 7 heteroatoms. The van der Waals surface area contributed by atoms with Crippen molar-refractivity contribution in [1.29, 1.82) is 0 Å². The van der Waals surface area contributed by atoms with Crippen molar-refractivity contribution in [3.63, 3.8) is 0 Å².